The molecule has 0 atom stereocenters. The zero-order valence-electron chi connectivity index (χ0n) is 8.09. The van der Waals surface area contributed by atoms with Crippen molar-refractivity contribution >= 4 is 4.21 Å². The van der Waals surface area contributed by atoms with Gasteiger partial charge in [0.05, 0.1) is 0 Å². The van der Waals surface area contributed by atoms with Crippen LogP contribution in [0.1, 0.15) is 14.3 Å². The Morgan fingerprint density at radius 3 is 1.50 bits per heavy atom. The molecule has 2 aliphatic rings. The van der Waals surface area contributed by atoms with Gasteiger partial charge in [0, 0.05) is 0 Å². The van der Waals surface area contributed by atoms with E-state index in [2.05, 4.69) is 28.5 Å². The summed E-state index contributed by atoms with van der Waals surface area (Å²) in [4.78, 5) is 0. The van der Waals surface area contributed by atoms with E-state index in [1.165, 1.54) is 24.2 Å². The summed E-state index contributed by atoms with van der Waals surface area (Å²) in [6, 6.07) is 0. The molecular formula is C11H13Zr-3. The van der Waals surface area contributed by atoms with Gasteiger partial charge in [-0.05, 0) is 0 Å². The van der Waals surface area contributed by atoms with E-state index in [1.807, 2.05) is 24.3 Å². The van der Waals surface area contributed by atoms with Crippen molar-refractivity contribution in [3.8, 4) is 0 Å². The van der Waals surface area contributed by atoms with Gasteiger partial charge in [0.15, 0.2) is 0 Å². The molecule has 0 spiro atoms. The molecule has 0 aromatic carbocycles. The molecule has 0 aromatic heterocycles. The minimum Gasteiger partial charge on any atom is -1.00 e. The van der Waals surface area contributed by atoms with Gasteiger partial charge in [0.1, 0.15) is 0 Å². The second-order valence-electron chi connectivity index (χ2n) is 2.01. The van der Waals surface area contributed by atoms with E-state index in [9.17, 15) is 0 Å². The van der Waals surface area contributed by atoms with E-state index in [-0.39, 0.29) is 1.43 Å². The Hall–Kier alpha value is -0.287. The van der Waals surface area contributed by atoms with E-state index >= 15 is 0 Å². The van der Waals surface area contributed by atoms with Gasteiger partial charge in [0.25, 0.3) is 0 Å². The van der Waals surface area contributed by atoms with Crippen molar-refractivity contribution in [2.45, 2.75) is 12.8 Å². The van der Waals surface area contributed by atoms with Crippen LogP contribution in [0.2, 0.25) is 0 Å². The Kier molecular flexibility index (Phi) is 10.5. The maximum atomic E-state index is 3.34. The molecule has 1 heteroatoms. The standard InChI is InChI=1S/2C5H5.CH2.Zr.H/c2*1-2-4-5-3-1;;;/h2*1-3H,4H2;1H2;;/q2*-1;;;-1. The van der Waals surface area contributed by atoms with E-state index in [4.69, 9.17) is 0 Å². The van der Waals surface area contributed by atoms with Crippen molar-refractivity contribution < 1.29 is 25.7 Å². The first-order valence-corrected chi connectivity index (χ1v) is 5.53. The predicted octanol–water partition coefficient (Wildman–Crippen LogP) is 2.69. The summed E-state index contributed by atoms with van der Waals surface area (Å²) in [7, 11) is 0. The molecule has 0 radical (unpaired) electrons. The average Bonchev–Trinajstić information content (AvgIpc) is 2.87. The Morgan fingerprint density at radius 2 is 1.42 bits per heavy atom. The normalized spacial score (nSPS) is 14.9. The smallest absolute Gasteiger partial charge is 1.00 e. The maximum absolute atomic E-state index is 3.34. The maximum Gasteiger partial charge on any atom is -1.00 e. The van der Waals surface area contributed by atoms with Crippen LogP contribution in [0.25, 0.3) is 0 Å². The molecule has 0 nitrogen and oxygen atoms in total. The first-order valence-electron chi connectivity index (χ1n) is 3.79. The Bertz CT molecular complexity index is 160. The summed E-state index contributed by atoms with van der Waals surface area (Å²) in [6.45, 7) is 0. The topological polar surface area (TPSA) is 0 Å². The Morgan fingerprint density at radius 1 is 1.00 bits per heavy atom. The molecule has 0 amide bonds. The molecule has 0 fully saturated rings. The second-order valence-corrected chi connectivity index (χ2v) is 2.01. The predicted molar refractivity (Wildman–Crippen MR) is 51.4 cm³/mol. The van der Waals surface area contributed by atoms with Crippen LogP contribution in [0.4, 0.5) is 0 Å². The SMILES string of the molecule is [C-]1=CC=CC1.[C-]1=CC=CC1.[CH2]=[Zr].[H-]. The van der Waals surface area contributed by atoms with E-state index in [0.717, 1.165) is 12.8 Å². The van der Waals surface area contributed by atoms with Crippen molar-refractivity contribution in [3.05, 3.63) is 48.6 Å². The molecule has 64 valence electrons. The summed E-state index contributed by atoms with van der Waals surface area (Å²) < 4.78 is 3.34. The molecule has 2 rings (SSSR count). The zero-order valence-corrected chi connectivity index (χ0v) is 9.54. The van der Waals surface area contributed by atoms with Crippen molar-refractivity contribution in [2.75, 3.05) is 0 Å². The van der Waals surface area contributed by atoms with Crippen molar-refractivity contribution in [1.82, 2.24) is 0 Å². The van der Waals surface area contributed by atoms with Gasteiger partial charge in [-0.2, -0.15) is 12.2 Å². The summed E-state index contributed by atoms with van der Waals surface area (Å²) >= 11 is 1.30. The van der Waals surface area contributed by atoms with Crippen LogP contribution in [-0.2, 0) is 24.2 Å². The molecule has 12 heavy (non-hydrogen) atoms. The molecule has 2 aliphatic carbocycles. The van der Waals surface area contributed by atoms with Crippen molar-refractivity contribution in [2.24, 2.45) is 0 Å². The zero-order chi connectivity index (χ0) is 9.07. The molecule has 0 heterocycles. The molecule has 0 N–H and O–H groups in total. The number of hydrogen-bond donors (Lipinski definition) is 0. The monoisotopic (exact) mass is 235 g/mol. The van der Waals surface area contributed by atoms with Gasteiger partial charge in [-0.25, -0.2) is 24.3 Å². The van der Waals surface area contributed by atoms with Gasteiger partial charge in [0.2, 0.25) is 0 Å². The first-order chi connectivity index (χ1) is 6.00. The van der Waals surface area contributed by atoms with Crippen LogP contribution in [0.3, 0.4) is 0 Å². The van der Waals surface area contributed by atoms with Gasteiger partial charge in [-0.3, -0.25) is 12.2 Å². The number of rotatable bonds is 0. The molecule has 0 aromatic rings. The Balaban J connectivity index is 0. The molecule has 0 unspecified atom stereocenters. The fourth-order valence-corrected chi connectivity index (χ4v) is 0.680. The molecule has 0 aliphatic heterocycles. The van der Waals surface area contributed by atoms with Crippen LogP contribution in [0.15, 0.2) is 36.5 Å². The minimum atomic E-state index is 0. The van der Waals surface area contributed by atoms with Crippen LogP contribution < -0.4 is 0 Å². The average molecular weight is 236 g/mol. The van der Waals surface area contributed by atoms with Crippen LogP contribution in [-0.4, -0.2) is 4.21 Å². The summed E-state index contributed by atoms with van der Waals surface area (Å²) in [5.41, 5.74) is 0. The summed E-state index contributed by atoms with van der Waals surface area (Å²) in [6.07, 6.45) is 20.0. The molecule has 0 saturated heterocycles. The van der Waals surface area contributed by atoms with Crippen LogP contribution in [0, 0.1) is 12.2 Å². The van der Waals surface area contributed by atoms with Crippen molar-refractivity contribution in [1.29, 1.82) is 0 Å². The molecular weight excluding hydrogens is 223 g/mol. The van der Waals surface area contributed by atoms with Gasteiger partial charge < -0.3 is 1.43 Å². The molecule has 0 bridgehead atoms. The number of allylic oxidation sites excluding steroid dienone is 8. The van der Waals surface area contributed by atoms with Crippen LogP contribution in [0.5, 0.6) is 0 Å². The largest absolute Gasteiger partial charge is 1.00 e. The third-order valence-electron chi connectivity index (χ3n) is 1.17. The van der Waals surface area contributed by atoms with Crippen molar-refractivity contribution in [3.63, 3.8) is 0 Å². The summed E-state index contributed by atoms with van der Waals surface area (Å²) in [5.74, 6) is 0. The summed E-state index contributed by atoms with van der Waals surface area (Å²) in [5, 5.41) is 0. The Labute approximate surface area is 91.2 Å². The minimum absolute atomic E-state index is 0. The second kappa shape index (κ2) is 10.7. The first kappa shape index (κ1) is 11.7. The quantitative estimate of drug-likeness (QED) is 0.567. The van der Waals surface area contributed by atoms with Gasteiger partial charge in [-0.15, -0.1) is 12.8 Å². The third kappa shape index (κ3) is 7.82. The molecule has 0 saturated carbocycles. The van der Waals surface area contributed by atoms with E-state index in [0.29, 0.717) is 0 Å². The third-order valence-corrected chi connectivity index (χ3v) is 1.17. The van der Waals surface area contributed by atoms with E-state index < -0.39 is 0 Å². The van der Waals surface area contributed by atoms with Crippen LogP contribution >= 0.6 is 0 Å². The fraction of sp³-hybridized carbons (Fsp3) is 0.182. The van der Waals surface area contributed by atoms with Gasteiger partial charge >= 0.3 is 28.4 Å². The van der Waals surface area contributed by atoms with Gasteiger partial charge in [-0.1, -0.05) is 0 Å². The fourth-order valence-electron chi connectivity index (χ4n) is 0.680. The van der Waals surface area contributed by atoms with E-state index in [1.54, 1.807) is 0 Å². The number of hydrogen-bond acceptors (Lipinski definition) is 0.